The number of carboxylic acid groups (broad SMARTS) is 1. The van der Waals surface area contributed by atoms with Gasteiger partial charge in [-0.25, -0.2) is 9.18 Å². The van der Waals surface area contributed by atoms with E-state index in [1.807, 2.05) is 6.92 Å². The quantitative estimate of drug-likeness (QED) is 0.299. The summed E-state index contributed by atoms with van der Waals surface area (Å²) in [6.45, 7) is 2.25. The van der Waals surface area contributed by atoms with E-state index in [-0.39, 0.29) is 35.2 Å². The minimum absolute atomic E-state index is 0.0542. The molecule has 0 fully saturated rings. The summed E-state index contributed by atoms with van der Waals surface area (Å²) < 4.78 is 23.8. The van der Waals surface area contributed by atoms with Gasteiger partial charge in [0.25, 0.3) is 0 Å². The highest BCUT2D eigenvalue weighted by Gasteiger charge is 2.16. The molecule has 0 spiro atoms. The van der Waals surface area contributed by atoms with Crippen LogP contribution in [0.25, 0.3) is 11.3 Å². The number of hydrogen-bond acceptors (Lipinski definition) is 7. The molecule has 1 heterocycles. The van der Waals surface area contributed by atoms with Gasteiger partial charge in [0, 0.05) is 23.9 Å². The molecular weight excluding hydrogens is 381 g/mol. The molecular formula is C20H18FN3O5. The lowest BCUT2D eigenvalue weighted by molar-refractivity contribution is 0.0697. The third-order valence-corrected chi connectivity index (χ3v) is 4.02. The van der Waals surface area contributed by atoms with Crippen molar-refractivity contribution in [2.75, 3.05) is 18.5 Å². The molecule has 0 unspecified atom stereocenters. The van der Waals surface area contributed by atoms with E-state index in [1.165, 1.54) is 24.3 Å². The zero-order chi connectivity index (χ0) is 20.8. The fourth-order valence-electron chi connectivity index (χ4n) is 2.60. The normalized spacial score (nSPS) is 11.3. The lowest BCUT2D eigenvalue weighted by Crippen LogP contribution is -2.13. The highest BCUT2D eigenvalue weighted by atomic mass is 19.1. The average Bonchev–Trinajstić information content (AvgIpc) is 3.20. The number of aromatic carboxylic acids is 1. The molecule has 2 aromatic carbocycles. The molecule has 8 nitrogen and oxygen atoms in total. The molecule has 0 bridgehead atoms. The third-order valence-electron chi connectivity index (χ3n) is 4.02. The summed E-state index contributed by atoms with van der Waals surface area (Å²) >= 11 is 0. The van der Waals surface area contributed by atoms with Crippen molar-refractivity contribution in [1.29, 1.82) is 0 Å². The lowest BCUT2D eigenvalue weighted by Gasteiger charge is -2.11. The molecule has 3 aromatic rings. The summed E-state index contributed by atoms with van der Waals surface area (Å²) in [7, 11) is 0. The summed E-state index contributed by atoms with van der Waals surface area (Å²) in [5, 5.41) is 28.6. The van der Waals surface area contributed by atoms with Crippen molar-refractivity contribution >= 4 is 17.4 Å². The molecule has 3 N–H and O–H groups in total. The van der Waals surface area contributed by atoms with Crippen LogP contribution in [0, 0.1) is 5.82 Å². The van der Waals surface area contributed by atoms with Gasteiger partial charge in [0.2, 0.25) is 0 Å². The van der Waals surface area contributed by atoms with Crippen LogP contribution >= 0.6 is 0 Å². The van der Waals surface area contributed by atoms with E-state index in [9.17, 15) is 19.5 Å². The number of hydrogen-bond donors (Lipinski definition) is 3. The van der Waals surface area contributed by atoms with E-state index in [0.29, 0.717) is 23.5 Å². The first kappa shape index (κ1) is 19.9. The summed E-state index contributed by atoms with van der Waals surface area (Å²) in [5.41, 5.74) is 1.65. The van der Waals surface area contributed by atoms with Crippen molar-refractivity contribution in [1.82, 2.24) is 5.16 Å². The Labute approximate surface area is 165 Å². The van der Waals surface area contributed by atoms with Crippen LogP contribution in [0.3, 0.4) is 0 Å². The van der Waals surface area contributed by atoms with Crippen molar-refractivity contribution < 1.29 is 28.8 Å². The summed E-state index contributed by atoms with van der Waals surface area (Å²) in [4.78, 5) is 11.4. The number of ether oxygens (including phenoxy) is 1. The van der Waals surface area contributed by atoms with Crippen LogP contribution in [0.15, 0.2) is 58.2 Å². The number of benzene rings is 2. The second-order valence-corrected chi connectivity index (χ2v) is 5.96. The number of rotatable bonds is 8. The number of oxime groups is 1. The van der Waals surface area contributed by atoms with E-state index < -0.39 is 5.97 Å². The Balaban J connectivity index is 1.74. The van der Waals surface area contributed by atoms with E-state index >= 15 is 0 Å². The lowest BCUT2D eigenvalue weighted by atomic mass is 10.1. The summed E-state index contributed by atoms with van der Waals surface area (Å²) in [6, 6.07) is 11.8. The molecule has 0 amide bonds. The Bertz CT molecular complexity index is 1030. The van der Waals surface area contributed by atoms with Crippen molar-refractivity contribution in [3.63, 3.8) is 0 Å². The van der Waals surface area contributed by atoms with Crippen LogP contribution in [0.2, 0.25) is 0 Å². The first-order chi connectivity index (χ1) is 14.0. The first-order valence-electron chi connectivity index (χ1n) is 8.69. The Kier molecular flexibility index (Phi) is 6.08. The molecule has 9 heteroatoms. The minimum atomic E-state index is -1.10. The Hall–Kier alpha value is -3.88. The third kappa shape index (κ3) is 4.70. The van der Waals surface area contributed by atoms with Gasteiger partial charge in [-0.1, -0.05) is 10.3 Å². The molecule has 0 aliphatic heterocycles. The highest BCUT2D eigenvalue weighted by Crippen LogP contribution is 2.23. The Morgan fingerprint density at radius 2 is 2.00 bits per heavy atom. The van der Waals surface area contributed by atoms with E-state index in [1.54, 1.807) is 24.3 Å². The van der Waals surface area contributed by atoms with Crippen molar-refractivity contribution in [3.05, 3.63) is 65.7 Å². The Morgan fingerprint density at radius 3 is 2.66 bits per heavy atom. The maximum absolute atomic E-state index is 13.0. The van der Waals surface area contributed by atoms with Crippen molar-refractivity contribution in [2.45, 2.75) is 6.92 Å². The average molecular weight is 399 g/mol. The van der Waals surface area contributed by atoms with Gasteiger partial charge >= 0.3 is 5.97 Å². The molecule has 3 rings (SSSR count). The zero-order valence-electron chi connectivity index (χ0n) is 15.4. The van der Waals surface area contributed by atoms with Crippen LogP contribution in [-0.2, 0) is 0 Å². The van der Waals surface area contributed by atoms with Crippen molar-refractivity contribution in [3.8, 4) is 17.0 Å². The topological polar surface area (TPSA) is 117 Å². The van der Waals surface area contributed by atoms with E-state index in [0.717, 1.165) is 0 Å². The molecule has 150 valence electrons. The maximum atomic E-state index is 13.0. The van der Waals surface area contributed by atoms with Gasteiger partial charge in [0.05, 0.1) is 5.56 Å². The van der Waals surface area contributed by atoms with Gasteiger partial charge in [-0.15, -0.1) is 0 Å². The molecule has 1 aromatic heterocycles. The number of halogens is 1. The maximum Gasteiger partial charge on any atom is 0.337 e. The number of aromatic nitrogens is 1. The summed E-state index contributed by atoms with van der Waals surface area (Å²) in [6.07, 6.45) is 0. The number of nitrogens with one attached hydrogen (secondary N) is 1. The number of nitrogens with zero attached hydrogens (tertiary/aromatic N) is 2. The van der Waals surface area contributed by atoms with Crippen LogP contribution in [0.1, 0.15) is 23.0 Å². The largest absolute Gasteiger partial charge is 0.487 e. The monoisotopic (exact) mass is 399 g/mol. The van der Waals surface area contributed by atoms with E-state index in [2.05, 4.69) is 15.6 Å². The fourth-order valence-corrected chi connectivity index (χ4v) is 2.60. The number of carbonyl (C=O) groups is 1. The minimum Gasteiger partial charge on any atom is -0.487 e. The second kappa shape index (κ2) is 8.87. The first-order valence-corrected chi connectivity index (χ1v) is 8.69. The van der Waals surface area contributed by atoms with Gasteiger partial charge in [-0.3, -0.25) is 0 Å². The second-order valence-electron chi connectivity index (χ2n) is 5.96. The zero-order valence-corrected chi connectivity index (χ0v) is 15.4. The van der Waals surface area contributed by atoms with Gasteiger partial charge in [-0.05, 0) is 49.4 Å². The fraction of sp³-hybridized carbons (Fsp3) is 0.150. The molecule has 0 aliphatic rings. The Morgan fingerprint density at radius 1 is 1.24 bits per heavy atom. The van der Waals surface area contributed by atoms with Crippen LogP contribution in [0.5, 0.6) is 5.75 Å². The SMILES string of the molecule is CCNc1ccc(OC/C(=N\O)c2cc(-c3ccc(F)cc3)no2)cc1C(=O)O. The highest BCUT2D eigenvalue weighted by molar-refractivity contribution is 5.99. The molecule has 0 saturated carbocycles. The number of anilines is 1. The van der Waals surface area contributed by atoms with Crippen LogP contribution < -0.4 is 10.1 Å². The van der Waals surface area contributed by atoms with E-state index in [4.69, 9.17) is 9.26 Å². The molecule has 29 heavy (non-hydrogen) atoms. The predicted octanol–water partition coefficient (Wildman–Crippen LogP) is 3.87. The van der Waals surface area contributed by atoms with Crippen LogP contribution in [-0.4, -0.2) is 40.3 Å². The smallest absolute Gasteiger partial charge is 0.337 e. The van der Waals surface area contributed by atoms with Gasteiger partial charge in [0.15, 0.2) is 11.5 Å². The summed E-state index contributed by atoms with van der Waals surface area (Å²) in [5.74, 6) is -1.02. The van der Waals surface area contributed by atoms with Crippen molar-refractivity contribution in [2.24, 2.45) is 5.16 Å². The molecule has 0 aliphatic carbocycles. The standard InChI is InChI=1S/C20H18FN3O5/c1-2-22-16-8-7-14(9-15(16)20(25)26)28-11-18(23-27)19-10-17(24-29-19)12-3-5-13(21)6-4-12/h3-10,22,27H,2,11H2,1H3,(H,25,26)/b23-18+. The molecule has 0 saturated heterocycles. The predicted molar refractivity (Wildman–Crippen MR) is 103 cm³/mol. The van der Waals surface area contributed by atoms with Gasteiger partial charge < -0.3 is 24.9 Å². The number of carboxylic acids is 1. The van der Waals surface area contributed by atoms with Crippen LogP contribution in [0.4, 0.5) is 10.1 Å². The molecule has 0 atom stereocenters. The molecule has 0 radical (unpaired) electrons. The van der Waals surface area contributed by atoms with Gasteiger partial charge in [-0.2, -0.15) is 0 Å². The van der Waals surface area contributed by atoms with Gasteiger partial charge in [0.1, 0.15) is 23.9 Å².